The van der Waals surface area contributed by atoms with Crippen molar-refractivity contribution in [2.75, 3.05) is 13.1 Å². The number of carboxylic acid groups (broad SMARTS) is 1. The average Bonchev–Trinajstić information content (AvgIpc) is 2.68. The minimum absolute atomic E-state index is 0.00462. The van der Waals surface area contributed by atoms with E-state index in [1.54, 1.807) is 17.0 Å². The summed E-state index contributed by atoms with van der Waals surface area (Å²) in [7, 11) is 0. The van der Waals surface area contributed by atoms with Gasteiger partial charge in [0.2, 0.25) is 5.78 Å². The van der Waals surface area contributed by atoms with Gasteiger partial charge in [-0.15, -0.1) is 0 Å². The Balaban J connectivity index is 2.61. The Kier molecular flexibility index (Phi) is 4.25. The molecule has 0 radical (unpaired) electrons. The number of carbonyl (C=O) groups excluding carboxylic acids is 1. The maximum Gasteiger partial charge on any atom is 0.317 e. The molecule has 0 bridgehead atoms. The molecule has 0 amide bonds. The lowest BCUT2D eigenvalue weighted by atomic mass is 10.2. The van der Waals surface area contributed by atoms with E-state index in [0.717, 1.165) is 0 Å². The third-order valence-corrected chi connectivity index (χ3v) is 2.21. The number of furan rings is 1. The minimum atomic E-state index is -0.944. The molecule has 1 aromatic heterocycles. The van der Waals surface area contributed by atoms with E-state index in [1.165, 1.54) is 6.26 Å². The zero-order chi connectivity index (χ0) is 12.1. The van der Waals surface area contributed by atoms with Crippen LogP contribution in [-0.4, -0.2) is 40.9 Å². The van der Waals surface area contributed by atoms with Crippen LogP contribution in [0.15, 0.2) is 22.8 Å². The lowest BCUT2D eigenvalue weighted by Gasteiger charge is -2.22. The van der Waals surface area contributed by atoms with Crippen LogP contribution in [0.25, 0.3) is 0 Å². The lowest BCUT2D eigenvalue weighted by molar-refractivity contribution is -0.138. The molecule has 1 N–H and O–H groups in total. The summed E-state index contributed by atoms with van der Waals surface area (Å²) < 4.78 is 4.96. The summed E-state index contributed by atoms with van der Waals surface area (Å²) in [6, 6.07) is 3.20. The second-order valence-electron chi connectivity index (χ2n) is 3.79. The molecule has 0 spiro atoms. The highest BCUT2D eigenvalue weighted by atomic mass is 16.4. The molecule has 5 heteroatoms. The molecule has 0 aliphatic heterocycles. The van der Waals surface area contributed by atoms with Crippen LogP contribution in [-0.2, 0) is 4.79 Å². The van der Waals surface area contributed by atoms with E-state index in [9.17, 15) is 9.59 Å². The van der Waals surface area contributed by atoms with Gasteiger partial charge in [-0.05, 0) is 26.0 Å². The normalized spacial score (nSPS) is 11.0. The lowest BCUT2D eigenvalue weighted by Crippen LogP contribution is -2.39. The van der Waals surface area contributed by atoms with Crippen molar-refractivity contribution in [1.82, 2.24) is 4.90 Å². The third kappa shape index (κ3) is 3.51. The molecule has 0 fully saturated rings. The summed E-state index contributed by atoms with van der Waals surface area (Å²) >= 11 is 0. The van der Waals surface area contributed by atoms with Crippen molar-refractivity contribution in [3.63, 3.8) is 0 Å². The van der Waals surface area contributed by atoms with Gasteiger partial charge in [0, 0.05) is 6.04 Å². The molecule has 5 nitrogen and oxygen atoms in total. The van der Waals surface area contributed by atoms with E-state index < -0.39 is 5.97 Å². The summed E-state index contributed by atoms with van der Waals surface area (Å²) in [6.07, 6.45) is 1.42. The van der Waals surface area contributed by atoms with Gasteiger partial charge in [-0.3, -0.25) is 14.5 Å². The zero-order valence-corrected chi connectivity index (χ0v) is 9.34. The highest BCUT2D eigenvalue weighted by Gasteiger charge is 2.19. The van der Waals surface area contributed by atoms with Crippen LogP contribution in [0, 0.1) is 0 Å². The van der Waals surface area contributed by atoms with E-state index in [-0.39, 0.29) is 30.7 Å². The van der Waals surface area contributed by atoms with Crippen LogP contribution in [0.3, 0.4) is 0 Å². The van der Waals surface area contributed by atoms with Crippen molar-refractivity contribution in [2.45, 2.75) is 19.9 Å². The first-order valence-electron chi connectivity index (χ1n) is 5.03. The second-order valence-corrected chi connectivity index (χ2v) is 3.79. The maximum atomic E-state index is 11.7. The monoisotopic (exact) mass is 225 g/mol. The van der Waals surface area contributed by atoms with Crippen LogP contribution in [0.1, 0.15) is 24.4 Å². The number of carbonyl (C=O) groups is 2. The molecule has 0 saturated carbocycles. The quantitative estimate of drug-likeness (QED) is 0.738. The molecular formula is C11H15NO4. The molecule has 0 aliphatic carbocycles. The Hall–Kier alpha value is -1.62. The molecule has 88 valence electrons. The Bertz CT molecular complexity index is 356. The number of nitrogens with zero attached hydrogens (tertiary/aromatic N) is 1. The first-order chi connectivity index (χ1) is 7.50. The number of hydrogen-bond acceptors (Lipinski definition) is 4. The number of hydrogen-bond donors (Lipinski definition) is 1. The van der Waals surface area contributed by atoms with Gasteiger partial charge < -0.3 is 9.52 Å². The Labute approximate surface area is 93.7 Å². The topological polar surface area (TPSA) is 70.8 Å². The number of Topliss-reactive ketones (excluding diaryl/α,β-unsaturated/α-hetero) is 1. The summed E-state index contributed by atoms with van der Waals surface area (Å²) in [6.45, 7) is 3.60. The van der Waals surface area contributed by atoms with Crippen molar-refractivity contribution in [3.8, 4) is 0 Å². The number of aliphatic carboxylic acids is 1. The minimum Gasteiger partial charge on any atom is -0.480 e. The molecule has 0 aliphatic rings. The van der Waals surface area contributed by atoms with Gasteiger partial charge in [0.05, 0.1) is 19.4 Å². The molecule has 1 rings (SSSR count). The predicted octanol–water partition coefficient (Wildman–Crippen LogP) is 1.26. The van der Waals surface area contributed by atoms with Crippen LogP contribution in [0.4, 0.5) is 0 Å². The Morgan fingerprint density at radius 1 is 1.44 bits per heavy atom. The van der Waals surface area contributed by atoms with E-state index in [4.69, 9.17) is 9.52 Å². The molecule has 0 unspecified atom stereocenters. The molecule has 1 aromatic rings. The number of ketones is 1. The standard InChI is InChI=1S/C11H15NO4/c1-8(2)12(7-11(14)15)6-9(13)10-4-3-5-16-10/h3-5,8H,6-7H2,1-2H3,(H,14,15). The fourth-order valence-electron chi connectivity index (χ4n) is 1.29. The predicted molar refractivity (Wildman–Crippen MR) is 57.4 cm³/mol. The first-order valence-corrected chi connectivity index (χ1v) is 5.03. The maximum absolute atomic E-state index is 11.7. The first kappa shape index (κ1) is 12.4. The van der Waals surface area contributed by atoms with Gasteiger partial charge in [-0.2, -0.15) is 0 Å². The molecule has 0 saturated heterocycles. The zero-order valence-electron chi connectivity index (χ0n) is 9.34. The van der Waals surface area contributed by atoms with Crippen LogP contribution in [0.5, 0.6) is 0 Å². The van der Waals surface area contributed by atoms with Crippen molar-refractivity contribution < 1.29 is 19.1 Å². The summed E-state index contributed by atoms with van der Waals surface area (Å²) in [4.78, 5) is 23.9. The molecule has 0 atom stereocenters. The molecule has 1 heterocycles. The van der Waals surface area contributed by atoms with E-state index >= 15 is 0 Å². The molecule has 16 heavy (non-hydrogen) atoms. The fraction of sp³-hybridized carbons (Fsp3) is 0.455. The Morgan fingerprint density at radius 3 is 2.56 bits per heavy atom. The van der Waals surface area contributed by atoms with Gasteiger partial charge in [0.15, 0.2) is 5.76 Å². The van der Waals surface area contributed by atoms with Gasteiger partial charge in [-0.25, -0.2) is 0 Å². The summed E-state index contributed by atoms with van der Waals surface area (Å²) in [5, 5.41) is 8.70. The average molecular weight is 225 g/mol. The van der Waals surface area contributed by atoms with Crippen LogP contribution in [0.2, 0.25) is 0 Å². The highest BCUT2D eigenvalue weighted by Crippen LogP contribution is 2.05. The van der Waals surface area contributed by atoms with Crippen molar-refractivity contribution in [1.29, 1.82) is 0 Å². The second kappa shape index (κ2) is 5.46. The number of carboxylic acids is 1. The van der Waals surface area contributed by atoms with Gasteiger partial charge in [0.1, 0.15) is 0 Å². The van der Waals surface area contributed by atoms with Crippen molar-refractivity contribution >= 4 is 11.8 Å². The molecule has 0 aromatic carbocycles. The Morgan fingerprint density at radius 2 is 2.12 bits per heavy atom. The smallest absolute Gasteiger partial charge is 0.317 e. The largest absolute Gasteiger partial charge is 0.480 e. The van der Waals surface area contributed by atoms with Crippen molar-refractivity contribution in [3.05, 3.63) is 24.2 Å². The van der Waals surface area contributed by atoms with Crippen LogP contribution < -0.4 is 0 Å². The van der Waals surface area contributed by atoms with E-state index in [2.05, 4.69) is 0 Å². The SMILES string of the molecule is CC(C)N(CC(=O)O)CC(=O)c1ccco1. The number of rotatable bonds is 6. The van der Waals surface area contributed by atoms with Crippen LogP contribution >= 0.6 is 0 Å². The summed E-state index contributed by atoms with van der Waals surface area (Å²) in [5.41, 5.74) is 0. The van der Waals surface area contributed by atoms with Crippen molar-refractivity contribution in [2.24, 2.45) is 0 Å². The summed E-state index contributed by atoms with van der Waals surface area (Å²) in [5.74, 6) is -0.892. The van der Waals surface area contributed by atoms with Gasteiger partial charge in [-0.1, -0.05) is 0 Å². The third-order valence-electron chi connectivity index (χ3n) is 2.21. The molecular weight excluding hydrogens is 210 g/mol. The van der Waals surface area contributed by atoms with Gasteiger partial charge in [0.25, 0.3) is 0 Å². The van der Waals surface area contributed by atoms with E-state index in [1.807, 2.05) is 13.8 Å². The van der Waals surface area contributed by atoms with E-state index in [0.29, 0.717) is 0 Å². The highest BCUT2D eigenvalue weighted by molar-refractivity contribution is 5.95. The van der Waals surface area contributed by atoms with Gasteiger partial charge >= 0.3 is 5.97 Å². The fourth-order valence-corrected chi connectivity index (χ4v) is 1.29.